The van der Waals surface area contributed by atoms with Crippen LogP contribution in [0, 0.1) is 41.3 Å². The first-order valence-electron chi connectivity index (χ1n) is 10.6. The number of imide groups is 1. The van der Waals surface area contributed by atoms with Crippen molar-refractivity contribution >= 4 is 23.3 Å². The molecule has 2 amide bonds. The zero-order valence-corrected chi connectivity index (χ0v) is 16.6. The Bertz CT molecular complexity index is 1100. The number of amides is 2. The fourth-order valence-electron chi connectivity index (χ4n) is 5.79. The highest BCUT2D eigenvalue weighted by Crippen LogP contribution is 2.65. The van der Waals surface area contributed by atoms with Crippen molar-refractivity contribution in [1.29, 1.82) is 0 Å². The van der Waals surface area contributed by atoms with E-state index in [1.165, 1.54) is 29.2 Å². The fourth-order valence-corrected chi connectivity index (χ4v) is 5.79. The molecule has 0 aromatic heterocycles. The van der Waals surface area contributed by atoms with Gasteiger partial charge in [0.2, 0.25) is 11.8 Å². The summed E-state index contributed by atoms with van der Waals surface area (Å²) in [7, 11) is 0. The molecule has 5 aliphatic rings. The van der Waals surface area contributed by atoms with Crippen LogP contribution >= 0.6 is 0 Å². The largest absolute Gasteiger partial charge is 0.485 e. The Balaban J connectivity index is 1.20. The average molecular weight is 417 g/mol. The van der Waals surface area contributed by atoms with Crippen LogP contribution in [0.1, 0.15) is 16.8 Å². The van der Waals surface area contributed by atoms with E-state index in [9.17, 15) is 18.8 Å². The van der Waals surface area contributed by atoms with Gasteiger partial charge >= 0.3 is 0 Å². The van der Waals surface area contributed by atoms with Gasteiger partial charge in [0.1, 0.15) is 11.6 Å². The Morgan fingerprint density at radius 2 is 1.61 bits per heavy atom. The van der Waals surface area contributed by atoms with Gasteiger partial charge in [-0.05, 0) is 66.5 Å². The Morgan fingerprint density at radius 1 is 0.968 bits per heavy atom. The molecule has 6 atom stereocenters. The van der Waals surface area contributed by atoms with Gasteiger partial charge in [-0.15, -0.1) is 0 Å². The van der Waals surface area contributed by atoms with Gasteiger partial charge in [-0.3, -0.25) is 14.4 Å². The summed E-state index contributed by atoms with van der Waals surface area (Å²) in [5, 5.41) is 0. The third-order valence-electron chi connectivity index (χ3n) is 7.27. The van der Waals surface area contributed by atoms with Crippen molar-refractivity contribution in [3.05, 3.63) is 72.1 Å². The van der Waals surface area contributed by atoms with Crippen LogP contribution in [0.3, 0.4) is 0 Å². The summed E-state index contributed by atoms with van der Waals surface area (Å²) in [6.45, 7) is -0.223. The van der Waals surface area contributed by atoms with E-state index in [1.807, 2.05) is 0 Å². The third-order valence-corrected chi connectivity index (χ3v) is 7.27. The normalized spacial score (nSPS) is 32.1. The van der Waals surface area contributed by atoms with Crippen molar-refractivity contribution in [3.63, 3.8) is 0 Å². The standard InChI is InChI=1S/C25H20FNO4/c26-14-6-4-13(5-7-14)21(28)12-31-16-3-1-2-15(10-16)27-24(29)22-17-8-9-18(20-11-19(17)20)23(22)25(27)30/h1-10,17-20,22-23H,11-12H2/t17-,18-,19-,20-,22+,23+/m1/s1. The molecule has 7 rings (SSSR count). The smallest absolute Gasteiger partial charge is 0.238 e. The summed E-state index contributed by atoms with van der Waals surface area (Å²) in [5.41, 5.74) is 0.831. The van der Waals surface area contributed by atoms with Crippen LogP contribution in [0.5, 0.6) is 5.75 Å². The van der Waals surface area contributed by atoms with Crippen LogP contribution in [0.4, 0.5) is 10.1 Å². The first-order chi connectivity index (χ1) is 15.0. The molecular weight excluding hydrogens is 397 g/mol. The van der Waals surface area contributed by atoms with Crippen LogP contribution in [-0.4, -0.2) is 24.2 Å². The van der Waals surface area contributed by atoms with Crippen molar-refractivity contribution in [2.45, 2.75) is 6.42 Å². The lowest BCUT2D eigenvalue weighted by Crippen LogP contribution is -2.40. The van der Waals surface area contributed by atoms with E-state index in [2.05, 4.69) is 12.2 Å². The van der Waals surface area contributed by atoms with E-state index in [0.717, 1.165) is 6.42 Å². The van der Waals surface area contributed by atoms with Crippen LogP contribution in [0.25, 0.3) is 0 Å². The zero-order chi connectivity index (χ0) is 21.3. The van der Waals surface area contributed by atoms with Crippen LogP contribution in [-0.2, 0) is 9.59 Å². The highest BCUT2D eigenvalue weighted by molar-refractivity contribution is 6.22. The molecule has 6 heteroatoms. The Morgan fingerprint density at radius 3 is 2.26 bits per heavy atom. The summed E-state index contributed by atoms with van der Waals surface area (Å²) in [6.07, 6.45) is 5.42. The van der Waals surface area contributed by atoms with Crippen molar-refractivity contribution in [2.24, 2.45) is 35.5 Å². The molecule has 2 bridgehead atoms. The second-order valence-electron chi connectivity index (χ2n) is 8.88. The second kappa shape index (κ2) is 6.61. The number of hydrogen-bond donors (Lipinski definition) is 0. The second-order valence-corrected chi connectivity index (χ2v) is 8.88. The van der Waals surface area contributed by atoms with Crippen molar-refractivity contribution in [3.8, 4) is 5.75 Å². The summed E-state index contributed by atoms with van der Waals surface area (Å²) >= 11 is 0. The number of anilines is 1. The van der Waals surface area contributed by atoms with Crippen molar-refractivity contribution < 1.29 is 23.5 Å². The number of hydrogen-bond acceptors (Lipinski definition) is 4. The topological polar surface area (TPSA) is 63.7 Å². The Kier molecular flexibility index (Phi) is 3.94. The van der Waals surface area contributed by atoms with Crippen molar-refractivity contribution in [1.82, 2.24) is 0 Å². The number of halogens is 1. The minimum atomic E-state index is -0.411. The fraction of sp³-hybridized carbons (Fsp3) is 0.320. The first-order valence-corrected chi connectivity index (χ1v) is 10.6. The first kappa shape index (κ1) is 18.5. The molecule has 0 unspecified atom stereocenters. The molecule has 0 spiro atoms. The highest BCUT2D eigenvalue weighted by Gasteiger charge is 2.67. The minimum absolute atomic E-state index is 0.126. The lowest BCUT2D eigenvalue weighted by atomic mass is 9.63. The molecule has 156 valence electrons. The third kappa shape index (κ3) is 2.77. The monoisotopic (exact) mass is 417 g/mol. The molecular formula is C25H20FNO4. The zero-order valence-electron chi connectivity index (χ0n) is 16.6. The van der Waals surface area contributed by atoms with E-state index in [4.69, 9.17) is 4.74 Å². The number of benzene rings is 2. The maximum Gasteiger partial charge on any atom is 0.238 e. The molecule has 0 N–H and O–H groups in total. The molecule has 2 saturated carbocycles. The van der Waals surface area contributed by atoms with E-state index < -0.39 is 5.82 Å². The molecule has 1 saturated heterocycles. The molecule has 4 aliphatic carbocycles. The Hall–Kier alpha value is -3.28. The number of carbonyl (C=O) groups excluding carboxylic acids is 3. The number of allylic oxidation sites excluding steroid dienone is 2. The van der Waals surface area contributed by atoms with Gasteiger partial charge in [0.15, 0.2) is 12.4 Å². The minimum Gasteiger partial charge on any atom is -0.485 e. The van der Waals surface area contributed by atoms with Crippen LogP contribution in [0.15, 0.2) is 60.7 Å². The van der Waals surface area contributed by atoms with Gasteiger partial charge in [-0.2, -0.15) is 0 Å². The molecule has 0 radical (unpaired) electrons. The van der Waals surface area contributed by atoms with Crippen molar-refractivity contribution in [2.75, 3.05) is 11.5 Å². The Labute approximate surface area is 178 Å². The lowest BCUT2D eigenvalue weighted by molar-refractivity contribution is -0.124. The molecule has 1 heterocycles. The van der Waals surface area contributed by atoms with E-state index >= 15 is 0 Å². The van der Waals surface area contributed by atoms with E-state index in [1.54, 1.807) is 24.3 Å². The SMILES string of the molecule is O=C(COc1cccc(N2C(=O)[C@H]3[C@@H]4C=C[C@H]([C@H]5C[C@H]45)[C@@H]3C2=O)c1)c1ccc(F)cc1. The number of ether oxygens (including phenoxy) is 1. The van der Waals surface area contributed by atoms with E-state index in [-0.39, 0.29) is 47.9 Å². The average Bonchev–Trinajstić information content (AvgIpc) is 3.56. The predicted molar refractivity (Wildman–Crippen MR) is 110 cm³/mol. The maximum atomic E-state index is 13.2. The van der Waals surface area contributed by atoms with Gasteiger partial charge < -0.3 is 4.74 Å². The quantitative estimate of drug-likeness (QED) is 0.423. The van der Waals surface area contributed by atoms with E-state index in [0.29, 0.717) is 28.8 Å². The predicted octanol–water partition coefficient (Wildman–Crippen LogP) is 3.64. The van der Waals surface area contributed by atoms with Crippen LogP contribution < -0.4 is 9.64 Å². The summed E-state index contributed by atoms with van der Waals surface area (Å²) < 4.78 is 18.7. The number of ketones is 1. The number of carbonyl (C=O) groups is 3. The molecule has 3 fully saturated rings. The molecule has 2 aromatic carbocycles. The number of rotatable bonds is 5. The molecule has 1 aliphatic heterocycles. The van der Waals surface area contributed by atoms with Gasteiger partial charge in [0.25, 0.3) is 0 Å². The molecule has 5 nitrogen and oxygen atoms in total. The summed E-state index contributed by atoms with van der Waals surface area (Å²) in [5.74, 6) is 0.402. The van der Waals surface area contributed by atoms with Gasteiger partial charge in [0.05, 0.1) is 17.5 Å². The number of Topliss-reactive ketones (excluding diaryl/α,β-unsaturated/α-hetero) is 1. The van der Waals surface area contributed by atoms with Crippen LogP contribution in [0.2, 0.25) is 0 Å². The summed E-state index contributed by atoms with van der Waals surface area (Å²) in [4.78, 5) is 40.1. The summed E-state index contributed by atoms with van der Waals surface area (Å²) in [6, 6.07) is 12.0. The number of nitrogens with zero attached hydrogens (tertiary/aromatic N) is 1. The lowest BCUT2D eigenvalue weighted by Gasteiger charge is -2.37. The van der Waals surface area contributed by atoms with Gasteiger partial charge in [-0.1, -0.05) is 18.2 Å². The van der Waals surface area contributed by atoms with Gasteiger partial charge in [0, 0.05) is 11.6 Å². The maximum absolute atomic E-state index is 13.2. The highest BCUT2D eigenvalue weighted by atomic mass is 19.1. The molecule has 2 aromatic rings. The molecule has 31 heavy (non-hydrogen) atoms. The van der Waals surface area contributed by atoms with Gasteiger partial charge in [-0.25, -0.2) is 9.29 Å².